The van der Waals surface area contributed by atoms with Crippen LogP contribution in [0.3, 0.4) is 0 Å². The molecule has 0 atom stereocenters. The van der Waals surface area contributed by atoms with Crippen LogP contribution in [-0.4, -0.2) is 22.8 Å². The highest BCUT2D eigenvalue weighted by Crippen LogP contribution is 2.28. The molecule has 0 saturated heterocycles. The number of aldehydes is 1. The van der Waals surface area contributed by atoms with Crippen molar-refractivity contribution in [2.75, 3.05) is 11.9 Å². The van der Waals surface area contributed by atoms with Gasteiger partial charge in [-0.3, -0.25) is 4.79 Å². The SMILES string of the molecule is Cc1nc(Cl)c(C=O)c(NCC(C)(C)c2cccs2)n1. The van der Waals surface area contributed by atoms with E-state index in [2.05, 4.69) is 40.6 Å². The summed E-state index contributed by atoms with van der Waals surface area (Å²) in [6, 6.07) is 4.13. The lowest BCUT2D eigenvalue weighted by molar-refractivity contribution is 0.112. The largest absolute Gasteiger partial charge is 0.368 e. The molecule has 0 fully saturated rings. The number of nitrogens with zero attached hydrogens (tertiary/aromatic N) is 2. The number of carbonyl (C=O) groups is 1. The zero-order chi connectivity index (χ0) is 14.8. The van der Waals surface area contributed by atoms with Crippen LogP contribution in [-0.2, 0) is 5.41 Å². The van der Waals surface area contributed by atoms with Crippen LogP contribution in [0.2, 0.25) is 5.15 Å². The van der Waals surface area contributed by atoms with Crippen LogP contribution in [0.4, 0.5) is 5.82 Å². The Labute approximate surface area is 127 Å². The van der Waals surface area contributed by atoms with Crippen LogP contribution >= 0.6 is 22.9 Å². The second kappa shape index (κ2) is 5.89. The second-order valence-electron chi connectivity index (χ2n) is 5.16. The molecule has 4 nitrogen and oxygen atoms in total. The standard InChI is InChI=1S/C14H16ClN3OS/c1-9-17-12(15)10(7-19)13(18-9)16-8-14(2,3)11-5-4-6-20-11/h4-7H,8H2,1-3H3,(H,16,17,18). The summed E-state index contributed by atoms with van der Waals surface area (Å²) in [6.45, 7) is 6.68. The minimum Gasteiger partial charge on any atom is -0.368 e. The van der Waals surface area contributed by atoms with E-state index in [1.807, 2.05) is 6.07 Å². The number of halogens is 1. The monoisotopic (exact) mass is 309 g/mol. The Kier molecular flexibility index (Phi) is 4.40. The lowest BCUT2D eigenvalue weighted by Gasteiger charge is -2.24. The first-order chi connectivity index (χ1) is 9.44. The zero-order valence-electron chi connectivity index (χ0n) is 11.6. The van der Waals surface area contributed by atoms with Crippen molar-refractivity contribution in [3.05, 3.63) is 38.9 Å². The maximum absolute atomic E-state index is 11.1. The van der Waals surface area contributed by atoms with Gasteiger partial charge in [-0.15, -0.1) is 11.3 Å². The van der Waals surface area contributed by atoms with Crippen molar-refractivity contribution >= 4 is 35.0 Å². The van der Waals surface area contributed by atoms with Crippen LogP contribution in [0.1, 0.15) is 34.9 Å². The molecular weight excluding hydrogens is 294 g/mol. The van der Waals surface area contributed by atoms with Crippen molar-refractivity contribution in [2.45, 2.75) is 26.2 Å². The molecule has 0 aromatic carbocycles. The number of carbonyl (C=O) groups excluding carboxylic acids is 1. The van der Waals surface area contributed by atoms with E-state index in [9.17, 15) is 4.79 Å². The number of aromatic nitrogens is 2. The van der Waals surface area contributed by atoms with Crippen molar-refractivity contribution in [1.82, 2.24) is 9.97 Å². The van der Waals surface area contributed by atoms with Gasteiger partial charge in [0.15, 0.2) is 6.29 Å². The number of nitrogens with one attached hydrogen (secondary N) is 1. The predicted octanol–water partition coefficient (Wildman–Crippen LogP) is 3.70. The molecule has 6 heteroatoms. The highest BCUT2D eigenvalue weighted by molar-refractivity contribution is 7.10. The Hall–Kier alpha value is -1.46. The summed E-state index contributed by atoms with van der Waals surface area (Å²) in [5, 5.41) is 5.45. The quantitative estimate of drug-likeness (QED) is 0.676. The predicted molar refractivity (Wildman–Crippen MR) is 83.0 cm³/mol. The summed E-state index contributed by atoms with van der Waals surface area (Å²) in [4.78, 5) is 20.6. The van der Waals surface area contributed by atoms with Gasteiger partial charge in [-0.1, -0.05) is 31.5 Å². The van der Waals surface area contributed by atoms with Gasteiger partial charge in [0.2, 0.25) is 0 Å². The third-order valence-electron chi connectivity index (χ3n) is 3.01. The van der Waals surface area contributed by atoms with Crippen LogP contribution < -0.4 is 5.32 Å². The molecule has 0 aliphatic heterocycles. The van der Waals surface area contributed by atoms with Gasteiger partial charge in [0.25, 0.3) is 0 Å². The minimum absolute atomic E-state index is 0.0559. The summed E-state index contributed by atoms with van der Waals surface area (Å²) in [7, 11) is 0. The molecule has 2 rings (SSSR count). The van der Waals surface area contributed by atoms with Crippen LogP contribution in [0.15, 0.2) is 17.5 Å². The molecule has 0 aliphatic rings. The Morgan fingerprint density at radius 1 is 1.45 bits per heavy atom. The van der Waals surface area contributed by atoms with E-state index in [0.717, 1.165) is 0 Å². The molecule has 2 aromatic rings. The average Bonchev–Trinajstić information content (AvgIpc) is 2.90. The Balaban J connectivity index is 2.21. The summed E-state index contributed by atoms with van der Waals surface area (Å²) >= 11 is 7.68. The lowest BCUT2D eigenvalue weighted by atomic mass is 9.91. The normalized spacial score (nSPS) is 11.4. The van der Waals surface area contributed by atoms with E-state index >= 15 is 0 Å². The first-order valence-corrected chi connectivity index (χ1v) is 7.47. The molecule has 0 amide bonds. The summed E-state index contributed by atoms with van der Waals surface area (Å²) in [5.74, 6) is 1.03. The zero-order valence-corrected chi connectivity index (χ0v) is 13.2. The van der Waals surface area contributed by atoms with E-state index in [1.54, 1.807) is 18.3 Å². The van der Waals surface area contributed by atoms with Crippen molar-refractivity contribution in [2.24, 2.45) is 0 Å². The molecule has 0 bridgehead atoms. The first kappa shape index (κ1) is 14.9. The molecule has 20 heavy (non-hydrogen) atoms. The number of anilines is 1. The van der Waals surface area contributed by atoms with Gasteiger partial charge < -0.3 is 5.32 Å². The minimum atomic E-state index is -0.0559. The fourth-order valence-electron chi connectivity index (χ4n) is 1.84. The first-order valence-electron chi connectivity index (χ1n) is 6.21. The topological polar surface area (TPSA) is 54.9 Å². The van der Waals surface area contributed by atoms with Crippen LogP contribution in [0, 0.1) is 6.92 Å². The van der Waals surface area contributed by atoms with Gasteiger partial charge in [0, 0.05) is 16.8 Å². The molecule has 1 N–H and O–H groups in total. The molecule has 0 spiro atoms. The fraction of sp³-hybridized carbons (Fsp3) is 0.357. The van der Waals surface area contributed by atoms with Crippen molar-refractivity contribution in [3.63, 3.8) is 0 Å². The smallest absolute Gasteiger partial charge is 0.156 e. The average molecular weight is 310 g/mol. The molecule has 106 valence electrons. The molecule has 2 aromatic heterocycles. The van der Waals surface area contributed by atoms with E-state index in [0.29, 0.717) is 30.0 Å². The van der Waals surface area contributed by atoms with Gasteiger partial charge in [0.05, 0.1) is 5.56 Å². The number of rotatable bonds is 5. The van der Waals surface area contributed by atoms with Crippen LogP contribution in [0.5, 0.6) is 0 Å². The number of hydrogen-bond donors (Lipinski definition) is 1. The van der Waals surface area contributed by atoms with Gasteiger partial charge in [-0.25, -0.2) is 9.97 Å². The Morgan fingerprint density at radius 3 is 2.80 bits per heavy atom. The Morgan fingerprint density at radius 2 is 2.20 bits per heavy atom. The highest BCUT2D eigenvalue weighted by atomic mass is 35.5. The molecule has 0 radical (unpaired) electrons. The van der Waals surface area contributed by atoms with E-state index in [4.69, 9.17) is 11.6 Å². The molecule has 0 unspecified atom stereocenters. The molecule has 0 saturated carbocycles. The summed E-state index contributed by atoms with van der Waals surface area (Å²) in [6.07, 6.45) is 0.683. The molecule has 2 heterocycles. The van der Waals surface area contributed by atoms with Crippen LogP contribution in [0.25, 0.3) is 0 Å². The van der Waals surface area contributed by atoms with Crippen molar-refractivity contribution in [3.8, 4) is 0 Å². The third-order valence-corrected chi connectivity index (χ3v) is 4.54. The molecular formula is C14H16ClN3OS. The van der Waals surface area contributed by atoms with E-state index in [1.165, 1.54) is 4.88 Å². The summed E-state index contributed by atoms with van der Waals surface area (Å²) in [5.41, 5.74) is 0.249. The fourth-order valence-corrected chi connectivity index (χ4v) is 2.95. The van der Waals surface area contributed by atoms with Crippen molar-refractivity contribution in [1.29, 1.82) is 0 Å². The highest BCUT2D eigenvalue weighted by Gasteiger charge is 2.22. The van der Waals surface area contributed by atoms with Gasteiger partial charge in [-0.2, -0.15) is 0 Å². The number of hydrogen-bond acceptors (Lipinski definition) is 5. The van der Waals surface area contributed by atoms with E-state index < -0.39 is 0 Å². The second-order valence-corrected chi connectivity index (χ2v) is 6.46. The number of aryl methyl sites for hydroxylation is 1. The maximum atomic E-state index is 11.1. The van der Waals surface area contributed by atoms with Crippen molar-refractivity contribution < 1.29 is 4.79 Å². The summed E-state index contributed by atoms with van der Waals surface area (Å²) < 4.78 is 0. The van der Waals surface area contributed by atoms with Gasteiger partial charge in [0.1, 0.15) is 16.8 Å². The third kappa shape index (κ3) is 3.16. The number of thiophene rings is 1. The maximum Gasteiger partial charge on any atom is 0.156 e. The van der Waals surface area contributed by atoms with E-state index in [-0.39, 0.29) is 10.6 Å². The Bertz CT molecular complexity index is 611. The van der Waals surface area contributed by atoms with Gasteiger partial charge in [-0.05, 0) is 18.4 Å². The lowest BCUT2D eigenvalue weighted by Crippen LogP contribution is -2.27. The molecule has 0 aliphatic carbocycles. The van der Waals surface area contributed by atoms with Gasteiger partial charge >= 0.3 is 0 Å².